The van der Waals surface area contributed by atoms with E-state index in [1.54, 1.807) is 12.1 Å². The molecular weight excluding hydrogens is 242 g/mol. The molecule has 0 atom stereocenters. The number of hydrogen-bond acceptors (Lipinski definition) is 4. The van der Waals surface area contributed by atoms with Crippen LogP contribution in [0.25, 0.3) is 0 Å². The molecule has 0 unspecified atom stereocenters. The summed E-state index contributed by atoms with van der Waals surface area (Å²) < 4.78 is 5.32. The van der Waals surface area contributed by atoms with E-state index in [2.05, 4.69) is 17.1 Å². The molecule has 106 valence electrons. The highest BCUT2D eigenvalue weighted by Gasteiger charge is 2.19. The molecule has 1 amide bonds. The maximum absolute atomic E-state index is 11.9. The van der Waals surface area contributed by atoms with E-state index in [0.717, 1.165) is 39.0 Å². The first-order valence-electron chi connectivity index (χ1n) is 7.02. The fraction of sp³-hybridized carbons (Fsp3) is 0.643. The normalized spacial score (nSPS) is 17.6. The Hall–Kier alpha value is -1.33. The van der Waals surface area contributed by atoms with Crippen LogP contribution in [0.1, 0.15) is 36.1 Å². The number of piperidine rings is 1. The van der Waals surface area contributed by atoms with Gasteiger partial charge in [-0.3, -0.25) is 4.79 Å². The van der Waals surface area contributed by atoms with Crippen molar-refractivity contribution in [3.8, 4) is 0 Å². The van der Waals surface area contributed by atoms with Crippen LogP contribution in [0.5, 0.6) is 0 Å². The van der Waals surface area contributed by atoms with Gasteiger partial charge in [-0.2, -0.15) is 0 Å². The van der Waals surface area contributed by atoms with Gasteiger partial charge in [0.25, 0.3) is 5.91 Å². The summed E-state index contributed by atoms with van der Waals surface area (Å²) in [5.41, 5.74) is 5.45. The van der Waals surface area contributed by atoms with E-state index in [1.165, 1.54) is 0 Å². The van der Waals surface area contributed by atoms with Gasteiger partial charge in [-0.25, -0.2) is 0 Å². The average Bonchev–Trinajstić information content (AvgIpc) is 2.94. The Kier molecular flexibility index (Phi) is 4.99. The third-order valence-corrected chi connectivity index (χ3v) is 3.79. The van der Waals surface area contributed by atoms with Crippen molar-refractivity contribution in [3.63, 3.8) is 0 Å². The second-order valence-electron chi connectivity index (χ2n) is 5.06. The molecule has 0 bridgehead atoms. The topological polar surface area (TPSA) is 71.5 Å². The molecule has 5 heteroatoms. The highest BCUT2D eigenvalue weighted by Crippen LogP contribution is 2.16. The zero-order valence-electron chi connectivity index (χ0n) is 11.5. The van der Waals surface area contributed by atoms with Crippen LogP contribution in [0.4, 0.5) is 0 Å². The monoisotopic (exact) mass is 265 g/mol. The Balaban J connectivity index is 1.75. The summed E-state index contributed by atoms with van der Waals surface area (Å²) in [7, 11) is 0. The molecule has 5 nitrogen and oxygen atoms in total. The number of carbonyl (C=O) groups is 1. The lowest BCUT2D eigenvalue weighted by Gasteiger charge is -2.30. The second kappa shape index (κ2) is 6.73. The van der Waals surface area contributed by atoms with Gasteiger partial charge in [0.2, 0.25) is 0 Å². The van der Waals surface area contributed by atoms with Crippen LogP contribution in [0.3, 0.4) is 0 Å². The quantitative estimate of drug-likeness (QED) is 0.839. The third-order valence-electron chi connectivity index (χ3n) is 3.79. The van der Waals surface area contributed by atoms with Crippen molar-refractivity contribution in [3.05, 3.63) is 23.7 Å². The molecule has 1 aromatic rings. The van der Waals surface area contributed by atoms with Crippen LogP contribution in [0.2, 0.25) is 0 Å². The molecule has 2 heterocycles. The first-order chi connectivity index (χ1) is 9.22. The van der Waals surface area contributed by atoms with Crippen molar-refractivity contribution in [2.45, 2.75) is 26.3 Å². The summed E-state index contributed by atoms with van der Waals surface area (Å²) in [5, 5.41) is 2.95. The highest BCUT2D eigenvalue weighted by molar-refractivity contribution is 5.91. The van der Waals surface area contributed by atoms with Gasteiger partial charge in [0, 0.05) is 6.54 Å². The molecule has 1 aliphatic rings. The lowest BCUT2D eigenvalue weighted by Crippen LogP contribution is -2.38. The number of nitrogens with two attached hydrogens (primary N) is 1. The van der Waals surface area contributed by atoms with Crippen molar-refractivity contribution in [1.29, 1.82) is 0 Å². The van der Waals surface area contributed by atoms with Crippen LogP contribution in [0, 0.1) is 5.92 Å². The molecule has 0 saturated carbocycles. The Labute approximate surface area is 114 Å². The molecular formula is C14H23N3O2. The predicted octanol–water partition coefficient (Wildman–Crippen LogP) is 1.20. The molecule has 0 radical (unpaired) electrons. The Morgan fingerprint density at radius 1 is 1.47 bits per heavy atom. The first kappa shape index (κ1) is 14.1. The number of likely N-dealkylation sites (tertiary alicyclic amines) is 1. The molecule has 0 aromatic carbocycles. The Bertz CT molecular complexity index is 409. The molecule has 3 N–H and O–H groups in total. The lowest BCUT2D eigenvalue weighted by molar-refractivity contribution is 0.0907. The van der Waals surface area contributed by atoms with Crippen molar-refractivity contribution in [2.75, 3.05) is 26.2 Å². The van der Waals surface area contributed by atoms with Gasteiger partial charge < -0.3 is 20.4 Å². The van der Waals surface area contributed by atoms with Crippen molar-refractivity contribution >= 4 is 5.91 Å². The average molecular weight is 265 g/mol. The predicted molar refractivity (Wildman–Crippen MR) is 73.8 cm³/mol. The van der Waals surface area contributed by atoms with Gasteiger partial charge in [0.15, 0.2) is 5.76 Å². The summed E-state index contributed by atoms with van der Waals surface area (Å²) in [6.07, 6.45) is 2.31. The number of amides is 1. The largest absolute Gasteiger partial charge is 0.455 e. The number of nitrogens with zero attached hydrogens (tertiary/aromatic N) is 1. The third kappa shape index (κ3) is 3.81. The standard InChI is InChI=1S/C14H23N3O2/c1-2-17-7-5-11(6-8-17)10-16-14(18)13-4-3-12(9-15)19-13/h3-4,11H,2,5-10,15H2,1H3,(H,16,18). The fourth-order valence-electron chi connectivity index (χ4n) is 2.44. The maximum Gasteiger partial charge on any atom is 0.287 e. The fourth-order valence-corrected chi connectivity index (χ4v) is 2.44. The van der Waals surface area contributed by atoms with Crippen LogP contribution in [-0.4, -0.2) is 37.0 Å². The zero-order chi connectivity index (χ0) is 13.7. The lowest BCUT2D eigenvalue weighted by atomic mass is 9.97. The van der Waals surface area contributed by atoms with E-state index in [-0.39, 0.29) is 5.91 Å². The van der Waals surface area contributed by atoms with Gasteiger partial charge in [-0.05, 0) is 50.5 Å². The van der Waals surface area contributed by atoms with Gasteiger partial charge in [-0.15, -0.1) is 0 Å². The van der Waals surface area contributed by atoms with Gasteiger partial charge in [0.1, 0.15) is 5.76 Å². The summed E-state index contributed by atoms with van der Waals surface area (Å²) in [6, 6.07) is 3.42. The van der Waals surface area contributed by atoms with E-state index in [0.29, 0.717) is 24.0 Å². The maximum atomic E-state index is 11.9. The van der Waals surface area contributed by atoms with E-state index < -0.39 is 0 Å². The van der Waals surface area contributed by atoms with Crippen LogP contribution in [-0.2, 0) is 6.54 Å². The van der Waals surface area contributed by atoms with E-state index in [9.17, 15) is 4.79 Å². The number of hydrogen-bond donors (Lipinski definition) is 2. The summed E-state index contributed by atoms with van der Waals surface area (Å²) in [6.45, 7) is 6.63. The molecule has 0 spiro atoms. The van der Waals surface area contributed by atoms with Crippen molar-refractivity contribution < 1.29 is 9.21 Å². The SMILES string of the molecule is CCN1CCC(CNC(=O)c2ccc(CN)o2)CC1. The van der Waals surface area contributed by atoms with Crippen LogP contribution in [0.15, 0.2) is 16.5 Å². The molecule has 2 rings (SSSR count). The minimum absolute atomic E-state index is 0.141. The van der Waals surface area contributed by atoms with Gasteiger partial charge in [-0.1, -0.05) is 6.92 Å². The summed E-state index contributed by atoms with van der Waals surface area (Å²) >= 11 is 0. The summed E-state index contributed by atoms with van der Waals surface area (Å²) in [5.74, 6) is 1.43. The molecule has 1 fully saturated rings. The van der Waals surface area contributed by atoms with Crippen LogP contribution >= 0.6 is 0 Å². The molecule has 1 aliphatic heterocycles. The van der Waals surface area contributed by atoms with Crippen LogP contribution < -0.4 is 11.1 Å². The molecule has 1 saturated heterocycles. The molecule has 19 heavy (non-hydrogen) atoms. The van der Waals surface area contributed by atoms with Gasteiger partial charge in [0.05, 0.1) is 6.54 Å². The number of carbonyl (C=O) groups excluding carboxylic acids is 1. The van der Waals surface area contributed by atoms with Crippen molar-refractivity contribution in [1.82, 2.24) is 10.2 Å². The Morgan fingerprint density at radius 3 is 2.79 bits per heavy atom. The Morgan fingerprint density at radius 2 is 2.21 bits per heavy atom. The highest BCUT2D eigenvalue weighted by atomic mass is 16.4. The second-order valence-corrected chi connectivity index (χ2v) is 5.06. The van der Waals surface area contributed by atoms with Gasteiger partial charge >= 0.3 is 0 Å². The minimum Gasteiger partial charge on any atom is -0.455 e. The zero-order valence-corrected chi connectivity index (χ0v) is 11.5. The molecule has 0 aliphatic carbocycles. The summed E-state index contributed by atoms with van der Waals surface area (Å²) in [4.78, 5) is 14.3. The smallest absolute Gasteiger partial charge is 0.287 e. The van der Waals surface area contributed by atoms with E-state index in [4.69, 9.17) is 10.2 Å². The van der Waals surface area contributed by atoms with Crippen molar-refractivity contribution in [2.24, 2.45) is 11.7 Å². The van der Waals surface area contributed by atoms with E-state index >= 15 is 0 Å². The molecule has 1 aromatic heterocycles. The van der Waals surface area contributed by atoms with E-state index in [1.807, 2.05) is 0 Å². The number of furan rings is 1. The number of rotatable bonds is 5. The number of nitrogens with one attached hydrogen (secondary N) is 1. The first-order valence-corrected chi connectivity index (χ1v) is 7.02. The minimum atomic E-state index is -0.141.